The maximum Gasteiger partial charge on any atom is 0.218 e. The van der Waals surface area contributed by atoms with Crippen molar-refractivity contribution in [1.82, 2.24) is 0 Å². The standard InChI is InChI=1S/C7H6O3/c1-5-3-2-4-6-7(5)9-10-8-6/h2-4H,1H3. The van der Waals surface area contributed by atoms with Crippen LogP contribution in [0.1, 0.15) is 5.56 Å². The number of hydrogen-bond acceptors (Lipinski definition) is 3. The van der Waals surface area contributed by atoms with E-state index in [2.05, 4.69) is 9.93 Å². The number of hydrogen-bond donors (Lipinski definition) is 0. The zero-order chi connectivity index (χ0) is 6.97. The summed E-state index contributed by atoms with van der Waals surface area (Å²) in [5, 5.41) is 4.30. The molecule has 1 aromatic carbocycles. The molecule has 0 amide bonds. The average Bonchev–Trinajstić information content (AvgIpc) is 2.36. The second-order valence-electron chi connectivity index (χ2n) is 2.14. The molecule has 0 saturated heterocycles. The number of fused-ring (bicyclic) bond motifs is 1. The number of rotatable bonds is 0. The van der Waals surface area contributed by atoms with Crippen molar-refractivity contribution in [1.29, 1.82) is 0 Å². The van der Waals surface area contributed by atoms with Gasteiger partial charge < -0.3 is 0 Å². The Morgan fingerprint density at radius 2 is 2.10 bits per heavy atom. The summed E-state index contributed by atoms with van der Waals surface area (Å²) in [4.78, 5) is 9.36. The second kappa shape index (κ2) is 1.88. The highest BCUT2D eigenvalue weighted by molar-refractivity contribution is 5.45. The van der Waals surface area contributed by atoms with Gasteiger partial charge in [0.2, 0.25) is 11.5 Å². The maximum absolute atomic E-state index is 4.71. The van der Waals surface area contributed by atoms with E-state index in [0.29, 0.717) is 11.5 Å². The third-order valence-corrected chi connectivity index (χ3v) is 1.42. The lowest BCUT2D eigenvalue weighted by molar-refractivity contribution is -0.384. The quantitative estimate of drug-likeness (QED) is 0.510. The van der Waals surface area contributed by atoms with Gasteiger partial charge in [0.05, 0.1) is 0 Å². The molecule has 0 spiro atoms. The Morgan fingerprint density at radius 1 is 1.20 bits per heavy atom. The van der Waals surface area contributed by atoms with Crippen LogP contribution in [-0.4, -0.2) is 0 Å². The molecule has 0 N–H and O–H groups in total. The molecular formula is C7H6O3. The first-order valence-electron chi connectivity index (χ1n) is 2.99. The fourth-order valence-corrected chi connectivity index (χ4v) is 0.886. The molecule has 0 bridgehead atoms. The van der Waals surface area contributed by atoms with Gasteiger partial charge in [-0.05, 0) is 18.6 Å². The predicted molar refractivity (Wildman–Crippen MR) is 33.5 cm³/mol. The highest BCUT2D eigenvalue weighted by Crippen LogP contribution is 2.34. The van der Waals surface area contributed by atoms with E-state index in [1.807, 2.05) is 19.1 Å². The van der Waals surface area contributed by atoms with Gasteiger partial charge in [0.1, 0.15) is 0 Å². The lowest BCUT2D eigenvalue weighted by Gasteiger charge is -1.92. The summed E-state index contributed by atoms with van der Waals surface area (Å²) in [6.07, 6.45) is 0. The highest BCUT2D eigenvalue weighted by Gasteiger charge is 2.17. The lowest BCUT2D eigenvalue weighted by atomic mass is 10.2. The van der Waals surface area contributed by atoms with Crippen LogP contribution in [0.25, 0.3) is 0 Å². The van der Waals surface area contributed by atoms with Crippen LogP contribution in [0.4, 0.5) is 0 Å². The van der Waals surface area contributed by atoms with E-state index in [1.54, 1.807) is 6.07 Å². The van der Waals surface area contributed by atoms with E-state index in [-0.39, 0.29) is 0 Å². The number of benzene rings is 1. The zero-order valence-corrected chi connectivity index (χ0v) is 5.46. The third-order valence-electron chi connectivity index (χ3n) is 1.42. The molecule has 0 atom stereocenters. The van der Waals surface area contributed by atoms with Crippen LogP contribution in [0, 0.1) is 6.92 Å². The van der Waals surface area contributed by atoms with E-state index in [9.17, 15) is 0 Å². The van der Waals surface area contributed by atoms with Gasteiger partial charge >= 0.3 is 0 Å². The fourth-order valence-electron chi connectivity index (χ4n) is 0.886. The molecule has 0 unspecified atom stereocenters. The molecule has 3 heteroatoms. The van der Waals surface area contributed by atoms with Crippen LogP contribution >= 0.6 is 0 Å². The Balaban J connectivity index is 2.59. The smallest absolute Gasteiger partial charge is 0.218 e. The summed E-state index contributed by atoms with van der Waals surface area (Å²) in [6.45, 7) is 1.93. The molecule has 1 aliphatic rings. The Hall–Kier alpha value is -1.22. The van der Waals surface area contributed by atoms with Crippen LogP contribution in [0.5, 0.6) is 11.5 Å². The first kappa shape index (κ1) is 5.56. The SMILES string of the molecule is Cc1cccc2c1OOO2. The second-order valence-corrected chi connectivity index (χ2v) is 2.14. The molecule has 3 nitrogen and oxygen atoms in total. The van der Waals surface area contributed by atoms with E-state index in [0.717, 1.165) is 5.56 Å². The molecule has 10 heavy (non-hydrogen) atoms. The zero-order valence-electron chi connectivity index (χ0n) is 5.46. The van der Waals surface area contributed by atoms with Crippen molar-refractivity contribution in [3.63, 3.8) is 0 Å². The van der Waals surface area contributed by atoms with E-state index < -0.39 is 0 Å². The van der Waals surface area contributed by atoms with Crippen molar-refractivity contribution in [3.8, 4) is 11.5 Å². The minimum Gasteiger partial charge on any atom is -0.295 e. The lowest BCUT2D eigenvalue weighted by Crippen LogP contribution is -1.88. The average molecular weight is 138 g/mol. The molecule has 0 aromatic heterocycles. The number of para-hydroxylation sites is 1. The largest absolute Gasteiger partial charge is 0.295 e. The Kier molecular flexibility index (Phi) is 1.05. The summed E-state index contributed by atoms with van der Waals surface area (Å²) in [5.74, 6) is 1.31. The summed E-state index contributed by atoms with van der Waals surface area (Å²) >= 11 is 0. The summed E-state index contributed by atoms with van der Waals surface area (Å²) in [5.41, 5.74) is 1.01. The van der Waals surface area contributed by atoms with Crippen LogP contribution in [0.3, 0.4) is 0 Å². The molecule has 2 rings (SSSR count). The first-order valence-corrected chi connectivity index (χ1v) is 2.99. The molecule has 1 aliphatic heterocycles. The van der Waals surface area contributed by atoms with Gasteiger partial charge in [-0.1, -0.05) is 12.1 Å². The van der Waals surface area contributed by atoms with Gasteiger partial charge in [-0.25, -0.2) is 0 Å². The summed E-state index contributed by atoms with van der Waals surface area (Å²) in [6, 6.07) is 5.60. The van der Waals surface area contributed by atoms with Gasteiger partial charge in [0.15, 0.2) is 0 Å². The molecule has 0 fully saturated rings. The van der Waals surface area contributed by atoms with Gasteiger partial charge in [-0.2, -0.15) is 0 Å². The van der Waals surface area contributed by atoms with Gasteiger partial charge in [-0.15, -0.1) is 0 Å². The highest BCUT2D eigenvalue weighted by atomic mass is 17.5. The molecule has 0 radical (unpaired) electrons. The summed E-state index contributed by atoms with van der Waals surface area (Å²) in [7, 11) is 0. The van der Waals surface area contributed by atoms with Crippen LogP contribution in [-0.2, 0) is 5.04 Å². The Bertz CT molecular complexity index is 257. The maximum atomic E-state index is 4.71. The normalized spacial score (nSPS) is 13.7. The van der Waals surface area contributed by atoms with Gasteiger partial charge in [0, 0.05) is 5.04 Å². The van der Waals surface area contributed by atoms with Crippen LogP contribution < -0.4 is 9.78 Å². The van der Waals surface area contributed by atoms with Crippen molar-refractivity contribution in [2.75, 3.05) is 0 Å². The van der Waals surface area contributed by atoms with Crippen LogP contribution in [0.2, 0.25) is 0 Å². The van der Waals surface area contributed by atoms with Crippen molar-refractivity contribution < 1.29 is 14.8 Å². The minimum absolute atomic E-state index is 0.639. The van der Waals surface area contributed by atoms with Crippen molar-refractivity contribution in [2.45, 2.75) is 6.92 Å². The predicted octanol–water partition coefficient (Wildman–Crippen LogP) is 1.61. The van der Waals surface area contributed by atoms with Crippen molar-refractivity contribution in [2.24, 2.45) is 0 Å². The van der Waals surface area contributed by atoms with Gasteiger partial charge in [-0.3, -0.25) is 9.78 Å². The molecule has 52 valence electrons. The molecule has 0 saturated carbocycles. The first-order chi connectivity index (χ1) is 4.88. The van der Waals surface area contributed by atoms with Crippen molar-refractivity contribution in [3.05, 3.63) is 23.8 Å². The molecule has 1 heterocycles. The minimum atomic E-state index is 0.639. The van der Waals surface area contributed by atoms with E-state index >= 15 is 0 Å². The molecular weight excluding hydrogens is 132 g/mol. The topological polar surface area (TPSA) is 27.7 Å². The van der Waals surface area contributed by atoms with Crippen molar-refractivity contribution >= 4 is 0 Å². The fraction of sp³-hybridized carbons (Fsp3) is 0.143. The number of aryl methyl sites for hydroxylation is 1. The summed E-state index contributed by atoms with van der Waals surface area (Å²) < 4.78 is 0. The Labute approximate surface area is 58.0 Å². The van der Waals surface area contributed by atoms with E-state index in [1.165, 1.54) is 0 Å². The monoisotopic (exact) mass is 138 g/mol. The molecule has 0 aliphatic carbocycles. The van der Waals surface area contributed by atoms with Crippen LogP contribution in [0.15, 0.2) is 18.2 Å². The molecule has 1 aromatic rings. The van der Waals surface area contributed by atoms with E-state index in [4.69, 9.17) is 4.89 Å². The van der Waals surface area contributed by atoms with Gasteiger partial charge in [0.25, 0.3) is 0 Å². The third kappa shape index (κ3) is 0.642. The Morgan fingerprint density at radius 3 is 2.90 bits per heavy atom.